The zero-order chi connectivity index (χ0) is 12.1. The number of halogens is 1. The van der Waals surface area contributed by atoms with Crippen molar-refractivity contribution in [1.29, 1.82) is 0 Å². The second-order valence-corrected chi connectivity index (χ2v) is 4.71. The van der Waals surface area contributed by atoms with Gasteiger partial charge >= 0.3 is 0 Å². The molecule has 2 rings (SSSR count). The predicted octanol–water partition coefficient (Wildman–Crippen LogP) is 2.47. The van der Waals surface area contributed by atoms with Gasteiger partial charge in [-0.05, 0) is 19.5 Å². The fraction of sp³-hybridized carbons (Fsp3) is 0.538. The van der Waals surface area contributed by atoms with Crippen LogP contribution < -0.4 is 10.1 Å². The van der Waals surface area contributed by atoms with Crippen LogP contribution in [0, 0.1) is 5.92 Å². The highest BCUT2D eigenvalue weighted by Crippen LogP contribution is 2.29. The van der Waals surface area contributed by atoms with E-state index < -0.39 is 0 Å². The van der Waals surface area contributed by atoms with Crippen LogP contribution >= 0.6 is 11.6 Å². The Morgan fingerprint density at radius 2 is 2.41 bits per heavy atom. The monoisotopic (exact) mass is 255 g/mol. The van der Waals surface area contributed by atoms with Crippen LogP contribution in [0.25, 0.3) is 0 Å². The van der Waals surface area contributed by atoms with Gasteiger partial charge < -0.3 is 14.8 Å². The third kappa shape index (κ3) is 3.35. The van der Waals surface area contributed by atoms with Gasteiger partial charge in [0.05, 0.1) is 18.2 Å². The maximum Gasteiger partial charge on any atom is 0.142 e. The molecule has 1 aromatic rings. The van der Waals surface area contributed by atoms with Gasteiger partial charge in [0.25, 0.3) is 0 Å². The molecule has 1 aliphatic rings. The number of nitrogens with one attached hydrogen (secondary N) is 1. The first-order valence-corrected chi connectivity index (χ1v) is 6.31. The molecule has 4 heteroatoms. The number of ether oxygens (including phenoxy) is 2. The minimum absolute atomic E-state index is 0.494. The highest BCUT2D eigenvalue weighted by atomic mass is 35.5. The standard InChI is InChI=1S/C13H18ClNO2/c1-15-7-11-3-2-4-12(14)13(11)17-9-10-5-6-16-8-10/h2-4,10,15H,5-9H2,1H3. The van der Waals surface area contributed by atoms with Crippen LogP contribution in [-0.4, -0.2) is 26.9 Å². The fourth-order valence-electron chi connectivity index (χ4n) is 1.96. The van der Waals surface area contributed by atoms with Crippen molar-refractivity contribution in [2.75, 3.05) is 26.9 Å². The molecule has 0 saturated carbocycles. The number of para-hydroxylation sites is 1. The van der Waals surface area contributed by atoms with Gasteiger partial charge in [0.2, 0.25) is 0 Å². The molecule has 1 heterocycles. The molecule has 0 spiro atoms. The van der Waals surface area contributed by atoms with Crippen molar-refractivity contribution in [2.45, 2.75) is 13.0 Å². The molecule has 1 atom stereocenters. The highest BCUT2D eigenvalue weighted by Gasteiger charge is 2.17. The van der Waals surface area contributed by atoms with Gasteiger partial charge in [0.1, 0.15) is 5.75 Å². The lowest BCUT2D eigenvalue weighted by atomic mass is 10.1. The van der Waals surface area contributed by atoms with Crippen molar-refractivity contribution < 1.29 is 9.47 Å². The second-order valence-electron chi connectivity index (χ2n) is 4.30. The van der Waals surface area contributed by atoms with Gasteiger partial charge in [-0.15, -0.1) is 0 Å². The summed E-state index contributed by atoms with van der Waals surface area (Å²) in [5, 5.41) is 3.79. The summed E-state index contributed by atoms with van der Waals surface area (Å²) in [7, 11) is 1.91. The minimum atomic E-state index is 0.494. The summed E-state index contributed by atoms with van der Waals surface area (Å²) in [4.78, 5) is 0. The highest BCUT2D eigenvalue weighted by molar-refractivity contribution is 6.32. The molecule has 1 aromatic carbocycles. The molecule has 1 unspecified atom stereocenters. The van der Waals surface area contributed by atoms with Crippen LogP contribution in [0.4, 0.5) is 0 Å². The first-order chi connectivity index (χ1) is 8.31. The Morgan fingerprint density at radius 1 is 1.53 bits per heavy atom. The lowest BCUT2D eigenvalue weighted by Crippen LogP contribution is -2.14. The minimum Gasteiger partial charge on any atom is -0.491 e. The van der Waals surface area contributed by atoms with E-state index in [0.29, 0.717) is 17.5 Å². The SMILES string of the molecule is CNCc1cccc(Cl)c1OCC1CCOC1. The van der Waals surface area contributed by atoms with Gasteiger partial charge in [0, 0.05) is 24.6 Å². The van der Waals surface area contributed by atoms with Crippen molar-refractivity contribution >= 4 is 11.6 Å². The summed E-state index contributed by atoms with van der Waals surface area (Å²) in [6.07, 6.45) is 1.08. The van der Waals surface area contributed by atoms with Crippen molar-refractivity contribution in [3.63, 3.8) is 0 Å². The van der Waals surface area contributed by atoms with Crippen molar-refractivity contribution in [3.8, 4) is 5.75 Å². The molecular formula is C13H18ClNO2. The Bertz CT molecular complexity index is 364. The normalized spacial score (nSPS) is 19.5. The number of hydrogen-bond acceptors (Lipinski definition) is 3. The smallest absolute Gasteiger partial charge is 0.142 e. The van der Waals surface area contributed by atoms with Crippen molar-refractivity contribution in [1.82, 2.24) is 5.32 Å². The Balaban J connectivity index is 2.02. The van der Waals surface area contributed by atoms with Crippen LogP contribution in [-0.2, 0) is 11.3 Å². The molecule has 94 valence electrons. The molecule has 3 nitrogen and oxygen atoms in total. The fourth-order valence-corrected chi connectivity index (χ4v) is 2.21. The van der Waals surface area contributed by atoms with Crippen LogP contribution in [0.1, 0.15) is 12.0 Å². The first kappa shape index (κ1) is 12.7. The largest absolute Gasteiger partial charge is 0.491 e. The molecule has 0 radical (unpaired) electrons. The molecular weight excluding hydrogens is 238 g/mol. The third-order valence-electron chi connectivity index (χ3n) is 2.90. The summed E-state index contributed by atoms with van der Waals surface area (Å²) < 4.78 is 11.2. The van der Waals surface area contributed by atoms with Crippen LogP contribution in [0.5, 0.6) is 5.75 Å². The zero-order valence-electron chi connectivity index (χ0n) is 10.0. The summed E-state index contributed by atoms with van der Waals surface area (Å²) >= 11 is 6.17. The van der Waals surface area contributed by atoms with E-state index in [1.165, 1.54) is 0 Å². The Kier molecular flexibility index (Phi) is 4.66. The number of benzene rings is 1. The topological polar surface area (TPSA) is 30.5 Å². The van der Waals surface area contributed by atoms with Gasteiger partial charge in [0.15, 0.2) is 0 Å². The summed E-state index contributed by atoms with van der Waals surface area (Å²) in [5.74, 6) is 1.30. The summed E-state index contributed by atoms with van der Waals surface area (Å²) in [5.41, 5.74) is 1.10. The van der Waals surface area contributed by atoms with E-state index in [0.717, 1.165) is 37.5 Å². The van der Waals surface area contributed by atoms with Gasteiger partial charge in [-0.25, -0.2) is 0 Å². The second kappa shape index (κ2) is 6.24. The van der Waals surface area contributed by atoms with E-state index in [-0.39, 0.29) is 0 Å². The lowest BCUT2D eigenvalue weighted by Gasteiger charge is -2.15. The van der Waals surface area contributed by atoms with E-state index >= 15 is 0 Å². The van der Waals surface area contributed by atoms with Crippen LogP contribution in [0.15, 0.2) is 18.2 Å². The van der Waals surface area contributed by atoms with E-state index in [4.69, 9.17) is 21.1 Å². The first-order valence-electron chi connectivity index (χ1n) is 5.94. The molecule has 17 heavy (non-hydrogen) atoms. The van der Waals surface area contributed by atoms with Crippen molar-refractivity contribution in [3.05, 3.63) is 28.8 Å². The van der Waals surface area contributed by atoms with Crippen LogP contribution in [0.3, 0.4) is 0 Å². The van der Waals surface area contributed by atoms with E-state index in [2.05, 4.69) is 5.32 Å². The molecule has 1 saturated heterocycles. The summed E-state index contributed by atoms with van der Waals surface area (Å²) in [6.45, 7) is 3.09. The Hall–Kier alpha value is -0.770. The molecule has 0 aromatic heterocycles. The number of rotatable bonds is 5. The summed E-state index contributed by atoms with van der Waals surface area (Å²) in [6, 6.07) is 5.84. The molecule has 1 fully saturated rings. The molecule has 1 aliphatic heterocycles. The maximum absolute atomic E-state index is 6.17. The van der Waals surface area contributed by atoms with Gasteiger partial charge in [-0.3, -0.25) is 0 Å². The van der Waals surface area contributed by atoms with Gasteiger partial charge in [-0.1, -0.05) is 23.7 Å². The lowest BCUT2D eigenvalue weighted by molar-refractivity contribution is 0.166. The third-order valence-corrected chi connectivity index (χ3v) is 3.20. The zero-order valence-corrected chi connectivity index (χ0v) is 10.8. The predicted molar refractivity (Wildman–Crippen MR) is 68.6 cm³/mol. The quantitative estimate of drug-likeness (QED) is 0.877. The average Bonchev–Trinajstić information content (AvgIpc) is 2.82. The van der Waals surface area contributed by atoms with E-state index in [9.17, 15) is 0 Å². The Morgan fingerprint density at radius 3 is 3.12 bits per heavy atom. The molecule has 0 aliphatic carbocycles. The molecule has 1 N–H and O–H groups in total. The van der Waals surface area contributed by atoms with Crippen LogP contribution in [0.2, 0.25) is 5.02 Å². The van der Waals surface area contributed by atoms with Crippen molar-refractivity contribution in [2.24, 2.45) is 5.92 Å². The van der Waals surface area contributed by atoms with E-state index in [1.54, 1.807) is 0 Å². The molecule has 0 amide bonds. The van der Waals surface area contributed by atoms with E-state index in [1.807, 2.05) is 25.2 Å². The Labute approximate surface area is 107 Å². The number of hydrogen-bond donors (Lipinski definition) is 1. The van der Waals surface area contributed by atoms with Gasteiger partial charge in [-0.2, -0.15) is 0 Å². The maximum atomic E-state index is 6.17. The molecule has 0 bridgehead atoms. The average molecular weight is 256 g/mol.